The topological polar surface area (TPSA) is 32.3 Å². The zero-order chi connectivity index (χ0) is 14.3. The van der Waals surface area contributed by atoms with Crippen LogP contribution in [-0.2, 0) is 4.79 Å². The second-order valence-corrected chi connectivity index (χ2v) is 4.02. The lowest BCUT2D eigenvalue weighted by Crippen LogP contribution is -2.38. The summed E-state index contributed by atoms with van der Waals surface area (Å²) < 4.78 is 35.8. The molecule has 1 N–H and O–H groups in total. The van der Waals surface area contributed by atoms with Crippen LogP contribution in [0.4, 0.5) is 18.9 Å². The van der Waals surface area contributed by atoms with Gasteiger partial charge in [-0.2, -0.15) is 13.2 Å². The minimum absolute atomic E-state index is 0.0156. The summed E-state index contributed by atoms with van der Waals surface area (Å²) in [5.74, 6) is -1.88. The van der Waals surface area contributed by atoms with E-state index in [4.69, 9.17) is 0 Å². The van der Waals surface area contributed by atoms with Gasteiger partial charge in [-0.15, -0.1) is 0 Å². The predicted octanol–water partition coefficient (Wildman–Crippen LogP) is 2.58. The molecule has 3 nitrogen and oxygen atoms in total. The first kappa shape index (κ1) is 15.3. The van der Waals surface area contributed by atoms with Gasteiger partial charge in [0.05, 0.1) is 0 Å². The Kier molecular flexibility index (Phi) is 5.66. The molecule has 1 aromatic carbocycles. The number of nitrogens with one attached hydrogen (secondary N) is 1. The third kappa shape index (κ3) is 5.19. The highest BCUT2D eigenvalue weighted by molar-refractivity contribution is 5.81. The van der Waals surface area contributed by atoms with Crippen molar-refractivity contribution in [3.05, 3.63) is 30.3 Å². The number of hydrogen-bond donors (Lipinski definition) is 1. The van der Waals surface area contributed by atoms with E-state index in [1.54, 1.807) is 0 Å². The molecule has 0 aromatic heterocycles. The molecule has 0 aliphatic rings. The van der Waals surface area contributed by atoms with Crippen LogP contribution in [0.25, 0.3) is 0 Å². The number of nitrogens with zero attached hydrogens (tertiary/aromatic N) is 1. The van der Waals surface area contributed by atoms with Crippen molar-refractivity contribution < 1.29 is 18.0 Å². The van der Waals surface area contributed by atoms with Crippen LogP contribution in [0.15, 0.2) is 30.3 Å². The number of alkyl halides is 3. The zero-order valence-electron chi connectivity index (χ0n) is 10.7. The molecule has 0 aliphatic heterocycles. The molecule has 0 spiro atoms. The Morgan fingerprint density at radius 2 is 1.89 bits per heavy atom. The summed E-state index contributed by atoms with van der Waals surface area (Å²) in [5.41, 5.74) is 1.02. The number of carbonyl (C=O) groups excluding carboxylic acids is 1. The van der Waals surface area contributed by atoms with Crippen molar-refractivity contribution in [3.63, 3.8) is 0 Å². The van der Waals surface area contributed by atoms with Crippen LogP contribution in [-0.4, -0.2) is 31.7 Å². The number of benzene rings is 1. The Balaban J connectivity index is 2.34. The highest BCUT2D eigenvalue weighted by Crippen LogP contribution is 2.14. The lowest BCUT2D eigenvalue weighted by atomic mass is 10.2. The smallest absolute Gasteiger partial charge is 0.372 e. The summed E-state index contributed by atoms with van der Waals surface area (Å²) in [6.07, 6.45) is -4.34. The Bertz CT molecular complexity index is 393. The van der Waals surface area contributed by atoms with Crippen LogP contribution >= 0.6 is 0 Å². The Morgan fingerprint density at radius 3 is 2.42 bits per heavy atom. The minimum atomic E-state index is -4.80. The quantitative estimate of drug-likeness (QED) is 0.809. The van der Waals surface area contributed by atoms with Crippen LogP contribution in [0.2, 0.25) is 0 Å². The fourth-order valence-corrected chi connectivity index (χ4v) is 1.68. The Labute approximate surface area is 110 Å². The molecule has 0 fully saturated rings. The van der Waals surface area contributed by atoms with Crippen LogP contribution in [0.1, 0.15) is 13.3 Å². The third-order valence-electron chi connectivity index (χ3n) is 2.65. The van der Waals surface area contributed by atoms with E-state index in [0.29, 0.717) is 13.0 Å². The summed E-state index contributed by atoms with van der Waals surface area (Å²) in [4.78, 5) is 12.6. The molecule has 0 saturated heterocycles. The van der Waals surface area contributed by atoms with E-state index in [1.807, 2.05) is 47.5 Å². The fraction of sp³-hybridized carbons (Fsp3) is 0.462. The number of hydrogen-bond acceptors (Lipinski definition) is 2. The van der Waals surface area contributed by atoms with Gasteiger partial charge in [0.1, 0.15) is 0 Å². The first-order valence-electron chi connectivity index (χ1n) is 6.10. The van der Waals surface area contributed by atoms with E-state index in [9.17, 15) is 18.0 Å². The molecule has 1 amide bonds. The number of rotatable bonds is 6. The molecule has 1 rings (SSSR count). The van der Waals surface area contributed by atoms with Crippen molar-refractivity contribution in [3.8, 4) is 0 Å². The summed E-state index contributed by atoms with van der Waals surface area (Å²) in [5, 5.41) is 1.86. The number of anilines is 1. The maximum atomic E-state index is 11.9. The van der Waals surface area contributed by atoms with Crippen LogP contribution in [0, 0.1) is 0 Å². The van der Waals surface area contributed by atoms with Gasteiger partial charge in [0, 0.05) is 25.3 Å². The van der Waals surface area contributed by atoms with Crippen LogP contribution in [0.5, 0.6) is 0 Å². The highest BCUT2D eigenvalue weighted by atomic mass is 19.4. The van der Waals surface area contributed by atoms with Crippen molar-refractivity contribution in [1.29, 1.82) is 0 Å². The molecule has 1 aromatic rings. The normalized spacial score (nSPS) is 11.2. The average Bonchev–Trinajstić information content (AvgIpc) is 2.38. The van der Waals surface area contributed by atoms with Gasteiger partial charge in [-0.1, -0.05) is 18.2 Å². The first-order valence-corrected chi connectivity index (χ1v) is 6.10. The first-order chi connectivity index (χ1) is 8.95. The SMILES string of the molecule is CCN(CCCNC(=O)C(F)(F)F)c1ccccc1. The predicted molar refractivity (Wildman–Crippen MR) is 68.0 cm³/mol. The molecule has 0 heterocycles. The van der Waals surface area contributed by atoms with E-state index in [1.165, 1.54) is 0 Å². The van der Waals surface area contributed by atoms with Crippen molar-refractivity contribution >= 4 is 11.6 Å². The Hall–Kier alpha value is -1.72. The van der Waals surface area contributed by atoms with E-state index in [2.05, 4.69) is 0 Å². The second kappa shape index (κ2) is 7.01. The number of amides is 1. The van der Waals surface area contributed by atoms with E-state index in [0.717, 1.165) is 12.2 Å². The van der Waals surface area contributed by atoms with Gasteiger partial charge in [0.25, 0.3) is 0 Å². The van der Waals surface area contributed by atoms with Gasteiger partial charge in [-0.3, -0.25) is 4.79 Å². The zero-order valence-corrected chi connectivity index (χ0v) is 10.7. The van der Waals surface area contributed by atoms with Gasteiger partial charge in [-0.25, -0.2) is 0 Å². The molecule has 0 saturated carbocycles. The standard InChI is InChI=1S/C13H17F3N2O/c1-2-18(11-7-4-3-5-8-11)10-6-9-17-12(19)13(14,15)16/h3-5,7-8H,2,6,9-10H2,1H3,(H,17,19). The monoisotopic (exact) mass is 274 g/mol. The maximum Gasteiger partial charge on any atom is 0.471 e. The molecular formula is C13H17F3N2O. The van der Waals surface area contributed by atoms with E-state index >= 15 is 0 Å². The number of para-hydroxylation sites is 1. The van der Waals surface area contributed by atoms with Gasteiger partial charge in [-0.05, 0) is 25.5 Å². The lowest BCUT2D eigenvalue weighted by Gasteiger charge is -2.23. The molecular weight excluding hydrogens is 257 g/mol. The molecule has 0 bridgehead atoms. The number of halogens is 3. The molecule has 0 atom stereocenters. The maximum absolute atomic E-state index is 11.9. The molecule has 0 aliphatic carbocycles. The summed E-state index contributed by atoms with van der Waals surface area (Å²) in [7, 11) is 0. The number of carbonyl (C=O) groups is 1. The third-order valence-corrected chi connectivity index (χ3v) is 2.65. The molecule has 106 valence electrons. The summed E-state index contributed by atoms with van der Waals surface area (Å²) in [6.45, 7) is 3.35. The second-order valence-electron chi connectivity index (χ2n) is 4.02. The molecule has 0 radical (unpaired) electrons. The van der Waals surface area contributed by atoms with Crippen molar-refractivity contribution in [1.82, 2.24) is 5.32 Å². The fourth-order valence-electron chi connectivity index (χ4n) is 1.68. The average molecular weight is 274 g/mol. The minimum Gasteiger partial charge on any atom is -0.372 e. The largest absolute Gasteiger partial charge is 0.471 e. The van der Waals surface area contributed by atoms with Crippen LogP contribution in [0.3, 0.4) is 0 Å². The van der Waals surface area contributed by atoms with Crippen molar-refractivity contribution in [2.75, 3.05) is 24.5 Å². The summed E-state index contributed by atoms with van der Waals surface area (Å²) in [6, 6.07) is 9.60. The van der Waals surface area contributed by atoms with Gasteiger partial charge in [0.15, 0.2) is 0 Å². The van der Waals surface area contributed by atoms with Gasteiger partial charge < -0.3 is 10.2 Å². The van der Waals surface area contributed by atoms with Crippen molar-refractivity contribution in [2.24, 2.45) is 0 Å². The van der Waals surface area contributed by atoms with Gasteiger partial charge in [0.2, 0.25) is 0 Å². The molecule has 19 heavy (non-hydrogen) atoms. The van der Waals surface area contributed by atoms with Crippen LogP contribution < -0.4 is 10.2 Å². The van der Waals surface area contributed by atoms with E-state index in [-0.39, 0.29) is 6.54 Å². The lowest BCUT2D eigenvalue weighted by molar-refractivity contribution is -0.173. The molecule has 0 unspecified atom stereocenters. The highest BCUT2D eigenvalue weighted by Gasteiger charge is 2.38. The molecule has 6 heteroatoms. The summed E-state index contributed by atoms with van der Waals surface area (Å²) >= 11 is 0. The van der Waals surface area contributed by atoms with Gasteiger partial charge >= 0.3 is 12.1 Å². The Morgan fingerprint density at radius 1 is 1.26 bits per heavy atom. The van der Waals surface area contributed by atoms with Crippen molar-refractivity contribution in [2.45, 2.75) is 19.5 Å². The van der Waals surface area contributed by atoms with E-state index < -0.39 is 12.1 Å².